The van der Waals surface area contributed by atoms with Crippen LogP contribution in [0.1, 0.15) is 0 Å². The van der Waals surface area contributed by atoms with Crippen molar-refractivity contribution in [1.29, 1.82) is 0 Å². The minimum absolute atomic E-state index is 1.25. The molecule has 0 amide bonds. The number of H-pyrrole nitrogens is 2. The third-order valence-electron chi connectivity index (χ3n) is 3.35. The van der Waals surface area contributed by atoms with E-state index in [1.165, 1.54) is 21.5 Å². The summed E-state index contributed by atoms with van der Waals surface area (Å²) in [5.41, 5.74) is 0. The number of fused-ring (bicyclic) bond motifs is 2. The van der Waals surface area contributed by atoms with Crippen molar-refractivity contribution in [2.24, 2.45) is 0 Å². The van der Waals surface area contributed by atoms with Gasteiger partial charge >= 0.3 is 53.6 Å². The van der Waals surface area contributed by atoms with Gasteiger partial charge < -0.3 is 0 Å². The molecule has 4 rings (SSSR count). The van der Waals surface area contributed by atoms with Gasteiger partial charge in [0, 0.05) is 22.9 Å². The van der Waals surface area contributed by atoms with Crippen LogP contribution >= 0.6 is 0 Å². The summed E-state index contributed by atoms with van der Waals surface area (Å²) in [5.74, 6) is 0. The Morgan fingerprint density at radius 2 is 0.931 bits per heavy atom. The number of aromatic nitrogens is 2. The standard InChI is InChI=1S/2C9H7N.2Cr.7O/c2*1-2-4-9-7-10-6-5-8(9)3-1;;;;;;;;;/h2*1-7H;;;;;;;;;/q;;;;;;;;;2*-1/p+2. The monoisotopic (exact) mass is 476 g/mol. The molecule has 0 spiro atoms. The Hall–Kier alpha value is -2.60. The first-order chi connectivity index (χ1) is 13.6. The van der Waals surface area contributed by atoms with Gasteiger partial charge in [-0.05, 0) is 22.9 Å². The fraction of sp³-hybridized carbons (Fsp3) is 0. The van der Waals surface area contributed by atoms with E-state index in [4.69, 9.17) is 0 Å². The molecule has 2 heterocycles. The van der Waals surface area contributed by atoms with Gasteiger partial charge in [0.05, 0.1) is 0 Å². The quantitative estimate of drug-likeness (QED) is 0.406. The van der Waals surface area contributed by atoms with Gasteiger partial charge in [-0.15, -0.1) is 0 Å². The van der Waals surface area contributed by atoms with E-state index in [2.05, 4.69) is 49.2 Å². The molecule has 9 nitrogen and oxygen atoms in total. The zero-order valence-corrected chi connectivity index (χ0v) is 17.3. The van der Waals surface area contributed by atoms with Gasteiger partial charge in [0.25, 0.3) is 0 Å². The van der Waals surface area contributed by atoms with Gasteiger partial charge in [-0.2, -0.15) is 0 Å². The van der Waals surface area contributed by atoms with Crippen LogP contribution < -0.4 is 18.3 Å². The Morgan fingerprint density at radius 3 is 1.21 bits per heavy atom. The van der Waals surface area contributed by atoms with Crippen LogP contribution in [0.3, 0.4) is 0 Å². The largest absolute Gasteiger partial charge is 0.217 e. The van der Waals surface area contributed by atoms with Gasteiger partial charge in [0.2, 0.25) is 0 Å². The molecule has 0 unspecified atom stereocenters. The first kappa shape index (κ1) is 22.7. The smallest absolute Gasteiger partial charge is 0.174 e. The summed E-state index contributed by atoms with van der Waals surface area (Å²) in [6, 6.07) is 20.7. The second-order valence-corrected chi connectivity index (χ2v) is 9.07. The van der Waals surface area contributed by atoms with Gasteiger partial charge in [0.1, 0.15) is 0 Å². The van der Waals surface area contributed by atoms with Crippen molar-refractivity contribution >= 4 is 21.5 Å². The second kappa shape index (κ2) is 10.3. The summed E-state index contributed by atoms with van der Waals surface area (Å²) in [6.45, 7) is 0. The zero-order chi connectivity index (χ0) is 21.3. The normalized spacial score (nSPS) is 11.1. The molecular weight excluding hydrogens is 460 g/mol. The van der Waals surface area contributed by atoms with E-state index >= 15 is 0 Å². The maximum Gasteiger partial charge on any atom is 0.174 e. The number of nitrogens with one attached hydrogen (secondary N) is 2. The molecule has 0 atom stereocenters. The van der Waals surface area contributed by atoms with Crippen molar-refractivity contribution in [3.63, 3.8) is 0 Å². The summed E-state index contributed by atoms with van der Waals surface area (Å²) >= 11 is -12.1. The van der Waals surface area contributed by atoms with Crippen molar-refractivity contribution in [3.05, 3.63) is 85.5 Å². The predicted octanol–water partition coefficient (Wildman–Crippen LogP) is 0.381. The van der Waals surface area contributed by atoms with Crippen LogP contribution in [0.15, 0.2) is 85.5 Å². The molecule has 2 aromatic carbocycles. The third kappa shape index (κ3) is 8.96. The van der Waals surface area contributed by atoms with E-state index in [1.54, 1.807) is 0 Å². The Kier molecular flexibility index (Phi) is 8.03. The average Bonchev–Trinajstić information content (AvgIpc) is 2.66. The molecule has 29 heavy (non-hydrogen) atoms. The van der Waals surface area contributed by atoms with Crippen molar-refractivity contribution < 1.29 is 63.6 Å². The van der Waals surface area contributed by atoms with Crippen LogP contribution in [0.2, 0.25) is 0 Å². The molecule has 0 saturated carbocycles. The number of rotatable bonds is 2. The molecule has 0 aliphatic heterocycles. The summed E-state index contributed by atoms with van der Waals surface area (Å²) in [5, 5.41) is 5.07. The summed E-state index contributed by atoms with van der Waals surface area (Å²) < 4.78 is 58.9. The first-order valence-corrected chi connectivity index (χ1v) is 12.1. The third-order valence-corrected chi connectivity index (χ3v) is 6.02. The van der Waals surface area contributed by atoms with E-state index in [0.29, 0.717) is 0 Å². The molecule has 2 aromatic heterocycles. The Labute approximate surface area is 170 Å². The average molecular weight is 476 g/mol. The summed E-state index contributed by atoms with van der Waals surface area (Å²) in [6.07, 6.45) is 7.86. The topological polar surface area (TPSA) is 152 Å². The molecule has 152 valence electrons. The Bertz CT molecular complexity index is 1060. The number of hydrogen-bond acceptors (Lipinski definition) is 7. The minimum atomic E-state index is -6.07. The van der Waals surface area contributed by atoms with Crippen LogP contribution in [0, 0.1) is 0 Å². The van der Waals surface area contributed by atoms with Crippen molar-refractivity contribution in [3.8, 4) is 0 Å². The number of aromatic amines is 2. The van der Waals surface area contributed by atoms with Crippen molar-refractivity contribution in [2.45, 2.75) is 0 Å². The zero-order valence-electron chi connectivity index (χ0n) is 14.8. The Balaban J connectivity index is 0.000000156. The van der Waals surface area contributed by atoms with Crippen molar-refractivity contribution in [2.75, 3.05) is 0 Å². The van der Waals surface area contributed by atoms with Gasteiger partial charge in [-0.1, -0.05) is 36.4 Å². The minimum Gasteiger partial charge on any atom is -0.217 e. The SMILES string of the molecule is [O]=[Cr](=[O])([O-])[O][Cr](=[O])(=[O])[O-].c1ccc2c[nH+]ccc2c1.c1ccc2c[nH+]ccc2c1. The van der Waals surface area contributed by atoms with Gasteiger partial charge in [0.15, 0.2) is 24.8 Å². The molecule has 4 aromatic rings. The van der Waals surface area contributed by atoms with Crippen LogP contribution in [0.4, 0.5) is 0 Å². The van der Waals surface area contributed by atoms with Crippen LogP contribution in [-0.4, -0.2) is 0 Å². The fourth-order valence-corrected chi connectivity index (χ4v) is 3.87. The summed E-state index contributed by atoms with van der Waals surface area (Å²) in [4.78, 5) is 6.07. The van der Waals surface area contributed by atoms with E-state index < -0.39 is 27.2 Å². The van der Waals surface area contributed by atoms with E-state index in [-0.39, 0.29) is 0 Å². The molecule has 0 radical (unpaired) electrons. The van der Waals surface area contributed by atoms with Crippen LogP contribution in [0.5, 0.6) is 0 Å². The molecule has 11 heteroatoms. The Morgan fingerprint density at radius 1 is 0.586 bits per heavy atom. The van der Waals surface area contributed by atoms with Crippen LogP contribution in [0.25, 0.3) is 21.5 Å². The molecule has 0 aliphatic carbocycles. The first-order valence-electron chi connectivity index (χ1n) is 7.96. The van der Waals surface area contributed by atoms with Crippen LogP contribution in [-0.2, 0) is 45.3 Å². The number of benzene rings is 2. The predicted molar refractivity (Wildman–Crippen MR) is 84.8 cm³/mol. The maximum atomic E-state index is 9.38. The number of hydrogen-bond donors (Lipinski definition) is 0. The van der Waals surface area contributed by atoms with Crippen molar-refractivity contribution in [1.82, 2.24) is 0 Å². The molecule has 0 bridgehead atoms. The molecular formula is C18H16Cr2N2O7. The molecule has 0 fully saturated rings. The van der Waals surface area contributed by atoms with Gasteiger partial charge in [-0.25, -0.2) is 9.97 Å². The van der Waals surface area contributed by atoms with E-state index in [1.807, 2.05) is 49.1 Å². The molecule has 0 aliphatic rings. The molecule has 2 N–H and O–H groups in total. The maximum absolute atomic E-state index is 9.38. The fourth-order valence-electron chi connectivity index (χ4n) is 2.24. The van der Waals surface area contributed by atoms with E-state index in [0.717, 1.165) is 0 Å². The molecule has 0 saturated heterocycles. The number of pyridine rings is 2. The summed E-state index contributed by atoms with van der Waals surface area (Å²) in [7, 11) is 0. The second-order valence-electron chi connectivity index (χ2n) is 5.43. The van der Waals surface area contributed by atoms with Gasteiger partial charge in [-0.3, -0.25) is 0 Å². The van der Waals surface area contributed by atoms with E-state index in [9.17, 15) is 23.5 Å².